The van der Waals surface area contributed by atoms with E-state index in [1.807, 2.05) is 0 Å². The number of nitrogens with zero attached hydrogens (tertiary/aromatic N) is 2. The molecular formula is C14H17N3O2. The van der Waals surface area contributed by atoms with Crippen LogP contribution in [-0.4, -0.2) is 31.7 Å². The van der Waals surface area contributed by atoms with E-state index in [4.69, 9.17) is 15.7 Å². The highest BCUT2D eigenvalue weighted by Gasteiger charge is 2.38. The van der Waals surface area contributed by atoms with Crippen molar-refractivity contribution in [3.8, 4) is 6.07 Å². The number of ether oxygens (including phenoxy) is 1. The third kappa shape index (κ3) is 2.75. The number of carbonyl (C=O) groups excluding carboxylic acids is 1. The maximum atomic E-state index is 12.5. The summed E-state index contributed by atoms with van der Waals surface area (Å²) in [6.45, 7) is 1.02. The second-order valence-electron chi connectivity index (χ2n) is 4.79. The molecule has 1 aromatic rings. The van der Waals surface area contributed by atoms with Crippen LogP contribution in [-0.2, 0) is 9.53 Å². The van der Waals surface area contributed by atoms with Gasteiger partial charge in [0, 0.05) is 25.9 Å². The molecule has 0 atom stereocenters. The van der Waals surface area contributed by atoms with Gasteiger partial charge in [0.25, 0.3) is 0 Å². The topological polar surface area (TPSA) is 79.3 Å². The summed E-state index contributed by atoms with van der Waals surface area (Å²) in [7, 11) is 1.68. The van der Waals surface area contributed by atoms with Crippen molar-refractivity contribution in [2.45, 2.75) is 18.4 Å². The zero-order valence-corrected chi connectivity index (χ0v) is 10.9. The molecule has 1 aromatic carbocycles. The van der Waals surface area contributed by atoms with E-state index in [-0.39, 0.29) is 5.91 Å². The summed E-state index contributed by atoms with van der Waals surface area (Å²) in [5, 5.41) is 8.89. The Morgan fingerprint density at radius 3 is 2.79 bits per heavy atom. The molecule has 0 aromatic heterocycles. The standard InChI is InChI=1S/C14H17N3O2/c1-17(12-4-2-3-11(9-12)10-15)13(18)14(16)5-7-19-8-6-14/h2-4,9H,5-8,16H2,1H3. The Bertz CT molecular complexity index is 516. The molecule has 0 bridgehead atoms. The molecule has 19 heavy (non-hydrogen) atoms. The number of likely N-dealkylation sites (N-methyl/N-ethyl adjacent to an activating group) is 1. The monoisotopic (exact) mass is 259 g/mol. The van der Waals surface area contributed by atoms with Crippen molar-refractivity contribution in [2.75, 3.05) is 25.2 Å². The number of benzene rings is 1. The molecule has 0 spiro atoms. The van der Waals surface area contributed by atoms with Crippen LogP contribution in [0, 0.1) is 11.3 Å². The van der Waals surface area contributed by atoms with E-state index in [1.54, 1.807) is 31.3 Å². The Labute approximate surface area is 112 Å². The van der Waals surface area contributed by atoms with Crippen molar-refractivity contribution in [2.24, 2.45) is 5.73 Å². The number of amides is 1. The highest BCUT2D eigenvalue weighted by atomic mass is 16.5. The van der Waals surface area contributed by atoms with Crippen LogP contribution in [0.1, 0.15) is 18.4 Å². The number of nitriles is 1. The SMILES string of the molecule is CN(C(=O)C1(N)CCOCC1)c1cccc(C#N)c1. The zero-order chi connectivity index (χ0) is 13.9. The van der Waals surface area contributed by atoms with Gasteiger partial charge in [-0.3, -0.25) is 4.79 Å². The molecule has 1 amide bonds. The van der Waals surface area contributed by atoms with Gasteiger partial charge >= 0.3 is 0 Å². The van der Waals surface area contributed by atoms with E-state index in [1.165, 1.54) is 4.90 Å². The van der Waals surface area contributed by atoms with Crippen LogP contribution in [0.2, 0.25) is 0 Å². The predicted molar refractivity (Wildman–Crippen MR) is 71.5 cm³/mol. The van der Waals surface area contributed by atoms with Crippen LogP contribution < -0.4 is 10.6 Å². The van der Waals surface area contributed by atoms with Crippen molar-refractivity contribution < 1.29 is 9.53 Å². The molecule has 100 valence electrons. The highest BCUT2D eigenvalue weighted by molar-refractivity contribution is 5.99. The first-order chi connectivity index (χ1) is 9.07. The van der Waals surface area contributed by atoms with Crippen LogP contribution in [0.3, 0.4) is 0 Å². The first-order valence-electron chi connectivity index (χ1n) is 6.22. The van der Waals surface area contributed by atoms with Crippen molar-refractivity contribution in [1.82, 2.24) is 0 Å². The number of anilines is 1. The van der Waals surface area contributed by atoms with Gasteiger partial charge in [0.2, 0.25) is 5.91 Å². The summed E-state index contributed by atoms with van der Waals surface area (Å²) in [4.78, 5) is 14.0. The molecule has 5 nitrogen and oxygen atoms in total. The van der Waals surface area contributed by atoms with E-state index in [9.17, 15) is 4.79 Å². The first-order valence-corrected chi connectivity index (χ1v) is 6.22. The lowest BCUT2D eigenvalue weighted by Gasteiger charge is -2.35. The number of carbonyl (C=O) groups is 1. The molecule has 0 saturated carbocycles. The van der Waals surface area contributed by atoms with Gasteiger partial charge in [0.1, 0.15) is 5.54 Å². The summed E-state index contributed by atoms with van der Waals surface area (Å²) in [5.74, 6) is -0.133. The molecule has 1 heterocycles. The van der Waals surface area contributed by atoms with Crippen LogP contribution in [0.15, 0.2) is 24.3 Å². The van der Waals surface area contributed by atoms with Gasteiger partial charge in [-0.25, -0.2) is 0 Å². The highest BCUT2D eigenvalue weighted by Crippen LogP contribution is 2.23. The summed E-state index contributed by atoms with van der Waals surface area (Å²) in [5.41, 5.74) is 6.51. The Hall–Kier alpha value is -1.90. The normalized spacial score (nSPS) is 17.5. The number of hydrogen-bond donors (Lipinski definition) is 1. The summed E-state index contributed by atoms with van der Waals surface area (Å²) >= 11 is 0. The van der Waals surface area contributed by atoms with E-state index in [0.29, 0.717) is 37.3 Å². The van der Waals surface area contributed by atoms with Gasteiger partial charge in [-0.2, -0.15) is 5.26 Å². The summed E-state index contributed by atoms with van der Waals surface area (Å²) in [6.07, 6.45) is 1.04. The molecule has 0 radical (unpaired) electrons. The summed E-state index contributed by atoms with van der Waals surface area (Å²) < 4.78 is 5.24. The molecule has 1 aliphatic rings. The number of hydrogen-bond acceptors (Lipinski definition) is 4. The van der Waals surface area contributed by atoms with E-state index in [2.05, 4.69) is 6.07 Å². The van der Waals surface area contributed by atoms with Gasteiger partial charge in [-0.05, 0) is 31.0 Å². The number of nitrogens with two attached hydrogens (primary N) is 1. The third-order valence-electron chi connectivity index (χ3n) is 3.48. The van der Waals surface area contributed by atoms with E-state index >= 15 is 0 Å². The number of rotatable bonds is 2. The van der Waals surface area contributed by atoms with Gasteiger partial charge in [0.15, 0.2) is 0 Å². The third-order valence-corrected chi connectivity index (χ3v) is 3.48. The Morgan fingerprint density at radius 2 is 2.16 bits per heavy atom. The molecule has 1 fully saturated rings. The smallest absolute Gasteiger partial charge is 0.246 e. The van der Waals surface area contributed by atoms with Gasteiger partial charge in [-0.15, -0.1) is 0 Å². The van der Waals surface area contributed by atoms with Gasteiger partial charge < -0.3 is 15.4 Å². The second kappa shape index (κ2) is 5.39. The minimum Gasteiger partial charge on any atom is -0.381 e. The summed E-state index contributed by atoms with van der Waals surface area (Å²) in [6, 6.07) is 8.99. The lowest BCUT2D eigenvalue weighted by molar-refractivity contribution is -0.126. The minimum atomic E-state index is -0.865. The van der Waals surface area contributed by atoms with Crippen LogP contribution in [0.25, 0.3) is 0 Å². The molecule has 1 saturated heterocycles. The average Bonchev–Trinajstić information content (AvgIpc) is 2.46. The fraction of sp³-hybridized carbons (Fsp3) is 0.429. The van der Waals surface area contributed by atoms with E-state index < -0.39 is 5.54 Å². The molecule has 0 unspecified atom stereocenters. The quantitative estimate of drug-likeness (QED) is 0.860. The van der Waals surface area contributed by atoms with Crippen molar-refractivity contribution in [3.05, 3.63) is 29.8 Å². The maximum absolute atomic E-state index is 12.5. The zero-order valence-electron chi connectivity index (χ0n) is 10.9. The lowest BCUT2D eigenvalue weighted by Crippen LogP contribution is -2.57. The second-order valence-corrected chi connectivity index (χ2v) is 4.79. The Morgan fingerprint density at radius 1 is 1.47 bits per heavy atom. The van der Waals surface area contributed by atoms with Crippen LogP contribution in [0.5, 0.6) is 0 Å². The van der Waals surface area contributed by atoms with Crippen molar-refractivity contribution >= 4 is 11.6 Å². The predicted octanol–water partition coefficient (Wildman–Crippen LogP) is 1.03. The first kappa shape index (κ1) is 13.5. The maximum Gasteiger partial charge on any atom is 0.246 e. The molecule has 2 N–H and O–H groups in total. The fourth-order valence-electron chi connectivity index (χ4n) is 2.18. The van der Waals surface area contributed by atoms with Crippen LogP contribution >= 0.6 is 0 Å². The van der Waals surface area contributed by atoms with E-state index in [0.717, 1.165) is 0 Å². The van der Waals surface area contributed by atoms with Gasteiger partial charge in [0.05, 0.1) is 11.6 Å². The Balaban J connectivity index is 2.20. The average molecular weight is 259 g/mol. The molecule has 0 aliphatic carbocycles. The van der Waals surface area contributed by atoms with Gasteiger partial charge in [-0.1, -0.05) is 6.07 Å². The minimum absolute atomic E-state index is 0.133. The molecule has 5 heteroatoms. The molecular weight excluding hydrogens is 242 g/mol. The molecule has 2 rings (SSSR count). The fourth-order valence-corrected chi connectivity index (χ4v) is 2.18. The van der Waals surface area contributed by atoms with Crippen molar-refractivity contribution in [3.63, 3.8) is 0 Å². The van der Waals surface area contributed by atoms with Crippen LogP contribution in [0.4, 0.5) is 5.69 Å². The van der Waals surface area contributed by atoms with Crippen molar-refractivity contribution in [1.29, 1.82) is 5.26 Å². The Kier molecular flexibility index (Phi) is 3.84. The largest absolute Gasteiger partial charge is 0.381 e. The lowest BCUT2D eigenvalue weighted by atomic mass is 9.89. The molecule has 1 aliphatic heterocycles.